The summed E-state index contributed by atoms with van der Waals surface area (Å²) in [6, 6.07) is 0. The van der Waals surface area contributed by atoms with Crippen LogP contribution in [0.5, 0.6) is 0 Å². The predicted molar refractivity (Wildman–Crippen MR) is 26.3 cm³/mol. The van der Waals surface area contributed by atoms with E-state index in [2.05, 4.69) is 0 Å². The minimum atomic E-state index is -4.67. The Hall–Kier alpha value is 1.35. The van der Waals surface area contributed by atoms with Gasteiger partial charge in [0.2, 0.25) is 0 Å². The second-order valence-corrected chi connectivity index (χ2v) is 1.34. The molecule has 0 aliphatic rings. The van der Waals surface area contributed by atoms with Crippen LogP contribution in [-0.2, 0) is 27.5 Å². The molecular formula is H6FeNNaO4S. The molecule has 0 saturated heterocycles. The van der Waals surface area contributed by atoms with Gasteiger partial charge in [0, 0.05) is 17.1 Å². The summed E-state index contributed by atoms with van der Waals surface area (Å²) in [6.07, 6.45) is 0. The van der Waals surface area contributed by atoms with E-state index in [9.17, 15) is 0 Å². The first-order chi connectivity index (χ1) is 2.00. The van der Waals surface area contributed by atoms with Gasteiger partial charge in [-0.2, -0.15) is 8.42 Å². The van der Waals surface area contributed by atoms with E-state index in [1.807, 2.05) is 0 Å². The molecule has 0 aliphatic heterocycles. The summed E-state index contributed by atoms with van der Waals surface area (Å²) in [5, 5.41) is 0. The average molecular weight is 195 g/mol. The Bertz CT molecular complexity index is 99.2. The summed E-state index contributed by atoms with van der Waals surface area (Å²) < 4.78 is 31.6. The van der Waals surface area contributed by atoms with E-state index < -0.39 is 10.4 Å². The summed E-state index contributed by atoms with van der Waals surface area (Å²) in [5.74, 6) is 0. The van der Waals surface area contributed by atoms with Crippen LogP contribution < -0.4 is 6.15 Å². The molecule has 0 spiro atoms. The van der Waals surface area contributed by atoms with Crippen LogP contribution in [-0.4, -0.2) is 47.1 Å². The molecule has 0 atom stereocenters. The van der Waals surface area contributed by atoms with Crippen molar-refractivity contribution < 1.29 is 34.6 Å². The Morgan fingerprint density at radius 2 is 1.12 bits per heavy atom. The molecule has 5 N–H and O–H groups in total. The fraction of sp³-hybridized carbons (Fsp3) is 0. The molecule has 5 nitrogen and oxygen atoms in total. The molecule has 0 heterocycles. The van der Waals surface area contributed by atoms with Gasteiger partial charge in [-0.1, -0.05) is 0 Å². The zero-order valence-corrected chi connectivity index (χ0v) is 5.10. The van der Waals surface area contributed by atoms with Crippen LogP contribution in [0.3, 0.4) is 0 Å². The van der Waals surface area contributed by atoms with Crippen molar-refractivity contribution in [1.29, 1.82) is 0 Å². The standard InChI is InChI=1S/Fe.H3N.Na.H2O4S.H/c;;;1-5(2,3)4;/h;1H3;;(H2,1,2,3,4);. The van der Waals surface area contributed by atoms with Crippen molar-refractivity contribution in [2.24, 2.45) is 0 Å². The first kappa shape index (κ1) is 22.8. The molecule has 50 valence electrons. The van der Waals surface area contributed by atoms with E-state index >= 15 is 0 Å². The van der Waals surface area contributed by atoms with Crippen molar-refractivity contribution in [3.8, 4) is 0 Å². The van der Waals surface area contributed by atoms with Crippen LogP contribution in [0.2, 0.25) is 0 Å². The molecule has 0 bridgehead atoms. The Balaban J connectivity index is -0.0000000267. The fourth-order valence-electron chi connectivity index (χ4n) is 0. The van der Waals surface area contributed by atoms with Gasteiger partial charge in [0.25, 0.3) is 0 Å². The van der Waals surface area contributed by atoms with Gasteiger partial charge in [0.15, 0.2) is 0 Å². The minimum absolute atomic E-state index is 0. The molecule has 8 heavy (non-hydrogen) atoms. The Morgan fingerprint density at radius 3 is 1.12 bits per heavy atom. The summed E-state index contributed by atoms with van der Waals surface area (Å²) in [5.41, 5.74) is 0. The number of hydrogen-bond acceptors (Lipinski definition) is 3. The van der Waals surface area contributed by atoms with Crippen LogP contribution in [0.1, 0.15) is 0 Å². The predicted octanol–water partition coefficient (Wildman–Crippen LogP) is -1.14. The molecule has 0 fully saturated rings. The summed E-state index contributed by atoms with van der Waals surface area (Å²) in [7, 11) is -4.67. The first-order valence-corrected chi connectivity index (χ1v) is 2.10. The van der Waals surface area contributed by atoms with Crippen LogP contribution >= 0.6 is 0 Å². The maximum absolute atomic E-state index is 8.74. The van der Waals surface area contributed by atoms with Crippen molar-refractivity contribution in [3.63, 3.8) is 0 Å². The molecule has 8 heteroatoms. The molecule has 0 aromatic heterocycles. The van der Waals surface area contributed by atoms with Gasteiger partial charge in [0.1, 0.15) is 0 Å². The van der Waals surface area contributed by atoms with Gasteiger partial charge in [-0.25, -0.2) is 0 Å². The summed E-state index contributed by atoms with van der Waals surface area (Å²) in [6.45, 7) is 0. The van der Waals surface area contributed by atoms with E-state index in [0.29, 0.717) is 0 Å². The molecule has 0 aliphatic carbocycles. The van der Waals surface area contributed by atoms with Crippen molar-refractivity contribution in [3.05, 3.63) is 0 Å². The van der Waals surface area contributed by atoms with E-state index in [1.54, 1.807) is 0 Å². The van der Waals surface area contributed by atoms with Gasteiger partial charge in [-0.3, -0.25) is 9.11 Å². The molecule has 0 unspecified atom stereocenters. The summed E-state index contributed by atoms with van der Waals surface area (Å²) >= 11 is 0. The SMILES string of the molecule is N.O=S(=O)(O)O.[Fe].[NaH]. The van der Waals surface area contributed by atoms with Crippen LogP contribution in [0.4, 0.5) is 0 Å². The molecule has 0 radical (unpaired) electrons. The van der Waals surface area contributed by atoms with Gasteiger partial charge in [-0.15, -0.1) is 0 Å². The zero-order valence-electron chi connectivity index (χ0n) is 3.18. The maximum atomic E-state index is 8.74. The average Bonchev–Trinajstić information content (AvgIpc) is 0.722. The molecule has 0 aromatic carbocycles. The number of hydrogen-bond donors (Lipinski definition) is 3. The molecule has 0 aromatic rings. The molecule has 0 saturated carbocycles. The van der Waals surface area contributed by atoms with Crippen LogP contribution in [0, 0.1) is 0 Å². The van der Waals surface area contributed by atoms with Crippen molar-refractivity contribution in [2.45, 2.75) is 0 Å². The van der Waals surface area contributed by atoms with Gasteiger partial charge < -0.3 is 6.15 Å². The van der Waals surface area contributed by atoms with Gasteiger partial charge >= 0.3 is 40.0 Å². The third-order valence-corrected chi connectivity index (χ3v) is 0. The summed E-state index contributed by atoms with van der Waals surface area (Å²) in [4.78, 5) is 0. The van der Waals surface area contributed by atoms with E-state index in [4.69, 9.17) is 17.5 Å². The van der Waals surface area contributed by atoms with Crippen molar-refractivity contribution in [1.82, 2.24) is 6.15 Å². The first-order valence-electron chi connectivity index (χ1n) is 0.698. The van der Waals surface area contributed by atoms with E-state index in [1.165, 1.54) is 0 Å². The second kappa shape index (κ2) is 8.35. The second-order valence-electron chi connectivity index (χ2n) is 0.448. The monoisotopic (exact) mass is 195 g/mol. The van der Waals surface area contributed by atoms with Gasteiger partial charge in [0.05, 0.1) is 0 Å². The number of rotatable bonds is 0. The quantitative estimate of drug-likeness (QED) is 0.334. The van der Waals surface area contributed by atoms with Crippen molar-refractivity contribution >= 4 is 40.0 Å². The normalized spacial score (nSPS) is 7.25. The van der Waals surface area contributed by atoms with Crippen LogP contribution in [0.25, 0.3) is 0 Å². The fourth-order valence-corrected chi connectivity index (χ4v) is 0. The Labute approximate surface area is 80.2 Å². The van der Waals surface area contributed by atoms with E-state index in [0.717, 1.165) is 0 Å². The third-order valence-electron chi connectivity index (χ3n) is 0. The molecular weight excluding hydrogens is 189 g/mol. The van der Waals surface area contributed by atoms with Crippen LogP contribution in [0.15, 0.2) is 0 Å². The zero-order chi connectivity index (χ0) is 4.50. The third kappa shape index (κ3) is 163. The molecule has 0 amide bonds. The topological polar surface area (TPSA) is 110 Å². The van der Waals surface area contributed by atoms with Gasteiger partial charge in [-0.05, 0) is 0 Å². The Morgan fingerprint density at radius 1 is 1.12 bits per heavy atom. The van der Waals surface area contributed by atoms with Crippen molar-refractivity contribution in [2.75, 3.05) is 0 Å². The Kier molecular flexibility index (Phi) is 23.8. The molecule has 0 rings (SSSR count). The van der Waals surface area contributed by atoms with E-state index in [-0.39, 0.29) is 52.8 Å².